The van der Waals surface area contributed by atoms with Gasteiger partial charge in [-0.05, 0) is 52.6 Å². The second kappa shape index (κ2) is 11.3. The molecule has 0 radical (unpaired) electrons. The monoisotopic (exact) mass is 531 g/mol. The molecule has 0 saturated carbocycles. The van der Waals surface area contributed by atoms with E-state index in [1.807, 2.05) is 27.9 Å². The van der Waals surface area contributed by atoms with E-state index < -0.39 is 10.0 Å². The summed E-state index contributed by atoms with van der Waals surface area (Å²) in [6.45, 7) is 10.1. The van der Waals surface area contributed by atoms with Gasteiger partial charge in [-0.15, -0.1) is 5.10 Å². The molecule has 0 atom stereocenters. The Labute approximate surface area is 218 Å². The number of sulfonamides is 1. The Kier molecular flexibility index (Phi) is 8.32. The van der Waals surface area contributed by atoms with Gasteiger partial charge in [-0.25, -0.2) is 17.9 Å². The summed E-state index contributed by atoms with van der Waals surface area (Å²) in [5.74, 6) is 1.38. The number of rotatable bonds is 10. The van der Waals surface area contributed by atoms with E-state index in [9.17, 15) is 13.2 Å². The maximum Gasteiger partial charge on any atom is 0.277 e. The van der Waals surface area contributed by atoms with Crippen LogP contribution in [0.3, 0.4) is 0 Å². The summed E-state index contributed by atoms with van der Waals surface area (Å²) in [5.41, 5.74) is 1.08. The number of nitrogens with one attached hydrogen (secondary N) is 1. The molecule has 0 bridgehead atoms. The van der Waals surface area contributed by atoms with E-state index in [4.69, 9.17) is 4.74 Å². The van der Waals surface area contributed by atoms with Crippen molar-refractivity contribution in [3.8, 4) is 17.1 Å². The van der Waals surface area contributed by atoms with Crippen molar-refractivity contribution in [3.63, 3.8) is 0 Å². The Morgan fingerprint density at radius 2 is 1.86 bits per heavy atom. The van der Waals surface area contributed by atoms with Crippen LogP contribution in [-0.4, -0.2) is 102 Å². The second-order valence-corrected chi connectivity index (χ2v) is 11.5. The van der Waals surface area contributed by atoms with Crippen molar-refractivity contribution in [2.75, 3.05) is 60.0 Å². The molecule has 3 heterocycles. The maximum atomic E-state index is 13.6. The number of hydrogen-bond donors (Lipinski definition) is 1. The summed E-state index contributed by atoms with van der Waals surface area (Å²) in [6, 6.07) is 4.74. The minimum Gasteiger partial charge on any atom is -0.493 e. The van der Waals surface area contributed by atoms with Crippen LogP contribution in [0.2, 0.25) is 0 Å². The molecular formula is C25H37N7O4S. The van der Waals surface area contributed by atoms with E-state index in [0.29, 0.717) is 67.6 Å². The Hall–Kier alpha value is -2.80. The molecule has 1 N–H and O–H groups in total. The van der Waals surface area contributed by atoms with Crippen molar-refractivity contribution in [3.05, 3.63) is 40.1 Å². The second-order valence-electron chi connectivity index (χ2n) is 9.57. The number of aromatic amines is 1. The third kappa shape index (κ3) is 5.71. The zero-order valence-electron chi connectivity index (χ0n) is 22.3. The zero-order chi connectivity index (χ0) is 26.7. The fraction of sp³-hybridized carbons (Fsp3) is 0.560. The van der Waals surface area contributed by atoms with Crippen molar-refractivity contribution in [1.29, 1.82) is 0 Å². The van der Waals surface area contributed by atoms with E-state index in [1.54, 1.807) is 29.6 Å². The highest BCUT2D eigenvalue weighted by Gasteiger charge is 2.29. The normalized spacial score (nSPS) is 15.6. The van der Waals surface area contributed by atoms with Crippen LogP contribution in [0, 0.1) is 6.92 Å². The van der Waals surface area contributed by atoms with Crippen LogP contribution in [0.4, 0.5) is 0 Å². The molecule has 4 rings (SSSR count). The van der Waals surface area contributed by atoms with Crippen LogP contribution in [0.1, 0.15) is 31.8 Å². The fourth-order valence-electron chi connectivity index (χ4n) is 4.56. The SMILES string of the molecule is CCCc1nc(C)c2c(=O)[nH]c(-c3cc(S(=O)(=O)N4CCN(CCN(C)C)CC4)ccc3OCC)nn12. The molecule has 1 aliphatic rings. The first-order chi connectivity index (χ1) is 17.6. The van der Waals surface area contributed by atoms with E-state index in [1.165, 1.54) is 4.31 Å². The molecule has 0 spiro atoms. The average molecular weight is 532 g/mol. The number of imidazole rings is 1. The summed E-state index contributed by atoms with van der Waals surface area (Å²) in [6.07, 6.45) is 1.51. The lowest BCUT2D eigenvalue weighted by molar-refractivity contribution is 0.174. The van der Waals surface area contributed by atoms with E-state index in [0.717, 1.165) is 19.5 Å². The van der Waals surface area contributed by atoms with E-state index >= 15 is 0 Å². The molecule has 37 heavy (non-hydrogen) atoms. The number of nitrogens with zero attached hydrogens (tertiary/aromatic N) is 6. The minimum absolute atomic E-state index is 0.144. The predicted octanol–water partition coefficient (Wildman–Crippen LogP) is 1.61. The van der Waals surface area contributed by atoms with Gasteiger partial charge in [0.1, 0.15) is 11.6 Å². The molecule has 1 saturated heterocycles. The molecule has 1 fully saturated rings. The lowest BCUT2D eigenvalue weighted by atomic mass is 10.2. The standard InChI is InChI=1S/C25H37N7O4S/c1-6-8-22-26-18(3)23-25(33)27-24(28-32(22)23)20-17-19(9-10-21(20)36-7-2)37(34,35)31-15-13-30(14-16-31)12-11-29(4)5/h9-10,17H,6-8,11-16H2,1-5H3,(H,27,28,33). The van der Waals surface area contributed by atoms with Crippen molar-refractivity contribution in [2.45, 2.75) is 38.5 Å². The van der Waals surface area contributed by atoms with Gasteiger partial charge in [0.25, 0.3) is 5.56 Å². The Balaban J connectivity index is 1.70. The van der Waals surface area contributed by atoms with Crippen LogP contribution in [-0.2, 0) is 16.4 Å². The highest BCUT2D eigenvalue weighted by atomic mass is 32.2. The first kappa shape index (κ1) is 27.2. The summed E-state index contributed by atoms with van der Waals surface area (Å²) in [4.78, 5) is 24.9. The molecule has 12 heteroatoms. The molecule has 3 aromatic rings. The van der Waals surface area contributed by atoms with Crippen LogP contribution in [0.5, 0.6) is 5.75 Å². The number of likely N-dealkylation sites (N-methyl/N-ethyl adjacent to an activating group) is 1. The molecule has 1 aromatic carbocycles. The molecule has 0 amide bonds. The molecule has 2 aromatic heterocycles. The van der Waals surface area contributed by atoms with Crippen LogP contribution in [0.25, 0.3) is 16.9 Å². The zero-order valence-corrected chi connectivity index (χ0v) is 23.1. The summed E-state index contributed by atoms with van der Waals surface area (Å²) >= 11 is 0. The summed E-state index contributed by atoms with van der Waals surface area (Å²) < 4.78 is 36.1. The van der Waals surface area contributed by atoms with Crippen LogP contribution < -0.4 is 10.3 Å². The van der Waals surface area contributed by atoms with Gasteiger partial charge in [-0.1, -0.05) is 6.92 Å². The highest BCUT2D eigenvalue weighted by molar-refractivity contribution is 7.89. The van der Waals surface area contributed by atoms with Crippen LogP contribution in [0.15, 0.2) is 27.9 Å². The first-order valence-electron chi connectivity index (χ1n) is 12.8. The lowest BCUT2D eigenvalue weighted by Crippen LogP contribution is -2.49. The predicted molar refractivity (Wildman–Crippen MR) is 143 cm³/mol. The third-order valence-corrected chi connectivity index (χ3v) is 8.45. The largest absolute Gasteiger partial charge is 0.493 e. The van der Waals surface area contributed by atoms with Gasteiger partial charge in [0, 0.05) is 45.7 Å². The molecule has 11 nitrogen and oxygen atoms in total. The van der Waals surface area contributed by atoms with Crippen molar-refractivity contribution < 1.29 is 13.2 Å². The number of aryl methyl sites for hydroxylation is 2. The van der Waals surface area contributed by atoms with Crippen molar-refractivity contribution >= 4 is 15.5 Å². The molecule has 0 unspecified atom stereocenters. The summed E-state index contributed by atoms with van der Waals surface area (Å²) in [5, 5.41) is 4.67. The number of hydrogen-bond acceptors (Lipinski definition) is 8. The third-order valence-electron chi connectivity index (χ3n) is 6.55. The Bertz CT molecular complexity index is 1410. The van der Waals surface area contributed by atoms with Gasteiger partial charge in [-0.3, -0.25) is 9.69 Å². The molecule has 0 aliphatic carbocycles. The number of H-pyrrole nitrogens is 1. The number of benzene rings is 1. The number of fused-ring (bicyclic) bond motifs is 1. The minimum atomic E-state index is -3.74. The smallest absolute Gasteiger partial charge is 0.277 e. The Morgan fingerprint density at radius 1 is 1.14 bits per heavy atom. The van der Waals surface area contributed by atoms with Gasteiger partial charge in [0.15, 0.2) is 11.3 Å². The van der Waals surface area contributed by atoms with Crippen LogP contribution >= 0.6 is 0 Å². The first-order valence-corrected chi connectivity index (χ1v) is 14.2. The number of aromatic nitrogens is 4. The van der Waals surface area contributed by atoms with Gasteiger partial charge in [-0.2, -0.15) is 4.31 Å². The fourth-order valence-corrected chi connectivity index (χ4v) is 6.01. The summed E-state index contributed by atoms with van der Waals surface area (Å²) in [7, 11) is 0.318. The molecule has 1 aliphatic heterocycles. The molecular weight excluding hydrogens is 494 g/mol. The van der Waals surface area contributed by atoms with E-state index in [-0.39, 0.29) is 16.3 Å². The van der Waals surface area contributed by atoms with E-state index in [2.05, 4.69) is 24.9 Å². The maximum absolute atomic E-state index is 13.6. The topological polar surface area (TPSA) is 116 Å². The quantitative estimate of drug-likeness (QED) is 0.420. The van der Waals surface area contributed by atoms with Gasteiger partial charge >= 0.3 is 0 Å². The lowest BCUT2D eigenvalue weighted by Gasteiger charge is -2.34. The number of ether oxygens (including phenoxy) is 1. The van der Waals surface area contributed by atoms with Crippen molar-refractivity contribution in [1.82, 2.24) is 33.7 Å². The van der Waals surface area contributed by atoms with Crippen molar-refractivity contribution in [2.24, 2.45) is 0 Å². The van der Waals surface area contributed by atoms with Gasteiger partial charge in [0.05, 0.1) is 22.8 Å². The van der Waals surface area contributed by atoms with Gasteiger partial charge in [0.2, 0.25) is 10.0 Å². The highest BCUT2D eigenvalue weighted by Crippen LogP contribution is 2.31. The van der Waals surface area contributed by atoms with Gasteiger partial charge < -0.3 is 14.6 Å². The average Bonchev–Trinajstić information content (AvgIpc) is 3.19. The number of piperazine rings is 1. The molecule has 202 valence electrons. The Morgan fingerprint density at radius 3 is 2.51 bits per heavy atom.